The summed E-state index contributed by atoms with van der Waals surface area (Å²) in [4.78, 5) is 7.53. The summed E-state index contributed by atoms with van der Waals surface area (Å²) in [5, 5.41) is 4.52. The van der Waals surface area contributed by atoms with Crippen LogP contribution in [0.4, 0.5) is 13.2 Å². The van der Waals surface area contributed by atoms with E-state index < -0.39 is 6.18 Å². The lowest BCUT2D eigenvalue weighted by molar-refractivity contribution is -0.134. The maximum Gasteiger partial charge on any atom is 0.425 e. The zero-order chi connectivity index (χ0) is 23.9. The maximum absolute atomic E-state index is 13.6. The lowest BCUT2D eigenvalue weighted by Gasteiger charge is -2.44. The zero-order valence-corrected chi connectivity index (χ0v) is 20.6. The predicted molar refractivity (Wildman–Crippen MR) is 128 cm³/mol. The van der Waals surface area contributed by atoms with E-state index in [1.165, 1.54) is 5.56 Å². The van der Waals surface area contributed by atoms with E-state index in [1.54, 1.807) is 6.92 Å². The second-order valence-corrected chi connectivity index (χ2v) is 11.0. The summed E-state index contributed by atoms with van der Waals surface area (Å²) in [6, 6.07) is 4.14. The van der Waals surface area contributed by atoms with E-state index >= 15 is 0 Å². The first-order valence-electron chi connectivity index (χ1n) is 12.1. The lowest BCUT2D eigenvalue weighted by Crippen LogP contribution is -2.43. The Morgan fingerprint density at radius 2 is 1.88 bits per heavy atom. The van der Waals surface area contributed by atoms with Gasteiger partial charge in [-0.25, -0.2) is 0 Å². The van der Waals surface area contributed by atoms with Crippen molar-refractivity contribution in [3.63, 3.8) is 0 Å². The minimum absolute atomic E-state index is 0.0752. The van der Waals surface area contributed by atoms with Crippen LogP contribution in [-0.2, 0) is 37.5 Å². The molecule has 182 valence electrons. The Labute approximate surface area is 202 Å². The van der Waals surface area contributed by atoms with Crippen LogP contribution >= 0.6 is 11.3 Å². The van der Waals surface area contributed by atoms with Crippen LogP contribution in [0.2, 0.25) is 0 Å². The summed E-state index contributed by atoms with van der Waals surface area (Å²) >= 11 is 1.03. The van der Waals surface area contributed by atoms with Crippen LogP contribution in [-0.4, -0.2) is 32.8 Å². The van der Waals surface area contributed by atoms with E-state index in [9.17, 15) is 13.2 Å². The van der Waals surface area contributed by atoms with Crippen LogP contribution in [0.15, 0.2) is 30.7 Å². The first-order valence-corrected chi connectivity index (χ1v) is 12.9. The number of aromatic nitrogens is 3. The van der Waals surface area contributed by atoms with Crippen LogP contribution in [0.5, 0.6) is 0 Å². The number of halogens is 3. The number of hydrogen-bond acceptors (Lipinski definition) is 4. The third-order valence-corrected chi connectivity index (χ3v) is 9.19. The number of thiophene rings is 1. The fourth-order valence-electron chi connectivity index (χ4n) is 5.62. The van der Waals surface area contributed by atoms with Gasteiger partial charge in [-0.1, -0.05) is 6.07 Å². The highest BCUT2D eigenvalue weighted by molar-refractivity contribution is 7.12. The molecule has 1 saturated heterocycles. The summed E-state index contributed by atoms with van der Waals surface area (Å²) < 4.78 is 42.6. The second-order valence-electron chi connectivity index (χ2n) is 9.96. The Morgan fingerprint density at radius 3 is 2.59 bits per heavy atom. The maximum atomic E-state index is 13.6. The fraction of sp³-hybridized carbons (Fsp3) is 0.538. The van der Waals surface area contributed by atoms with E-state index in [1.807, 2.05) is 24.0 Å². The molecule has 0 amide bonds. The lowest BCUT2D eigenvalue weighted by atomic mass is 9.68. The second kappa shape index (κ2) is 9.11. The predicted octanol–water partition coefficient (Wildman–Crippen LogP) is 6.09. The molecule has 1 spiro atoms. The van der Waals surface area contributed by atoms with Crippen LogP contribution in [0, 0.1) is 13.8 Å². The number of likely N-dealkylation sites (tertiary alicyclic amines) is 1. The van der Waals surface area contributed by atoms with E-state index in [0.717, 1.165) is 97.7 Å². The Bertz CT molecular complexity index is 1140. The van der Waals surface area contributed by atoms with Crippen molar-refractivity contribution < 1.29 is 13.2 Å². The summed E-state index contributed by atoms with van der Waals surface area (Å²) in [7, 11) is 0. The number of rotatable bonds is 5. The number of hydrogen-bond donors (Lipinski definition) is 0. The van der Waals surface area contributed by atoms with Gasteiger partial charge in [0.25, 0.3) is 0 Å². The Morgan fingerprint density at radius 1 is 1.09 bits per heavy atom. The molecule has 3 aromatic heterocycles. The average Bonchev–Trinajstić information content (AvgIpc) is 3.40. The number of pyridine rings is 1. The number of fused-ring (bicyclic) bond motifs is 2. The van der Waals surface area contributed by atoms with Gasteiger partial charge in [-0.15, -0.1) is 11.3 Å². The quantitative estimate of drug-likeness (QED) is 0.436. The summed E-state index contributed by atoms with van der Waals surface area (Å²) in [5.74, 6) is 0. The minimum atomic E-state index is -4.25. The topological polar surface area (TPSA) is 34.0 Å². The molecule has 34 heavy (non-hydrogen) atoms. The van der Waals surface area contributed by atoms with E-state index in [2.05, 4.69) is 33.3 Å². The molecule has 1 fully saturated rings. The summed E-state index contributed by atoms with van der Waals surface area (Å²) in [6.45, 7) is 7.16. The van der Waals surface area contributed by atoms with E-state index in [-0.39, 0.29) is 10.3 Å². The zero-order valence-electron chi connectivity index (χ0n) is 19.8. The van der Waals surface area contributed by atoms with Gasteiger partial charge in [-0.3, -0.25) is 14.6 Å². The molecule has 1 aliphatic heterocycles. The Hall–Kier alpha value is -2.19. The monoisotopic (exact) mass is 488 g/mol. The van der Waals surface area contributed by atoms with Gasteiger partial charge < -0.3 is 0 Å². The Kier molecular flexibility index (Phi) is 6.31. The van der Waals surface area contributed by atoms with Crippen molar-refractivity contribution in [2.45, 2.75) is 77.1 Å². The van der Waals surface area contributed by atoms with Gasteiger partial charge in [0.1, 0.15) is 4.88 Å². The molecule has 0 unspecified atom stereocenters. The molecule has 1 aliphatic carbocycles. The smallest absolute Gasteiger partial charge is 0.299 e. The average molecular weight is 489 g/mol. The minimum Gasteiger partial charge on any atom is -0.299 e. The van der Waals surface area contributed by atoms with Gasteiger partial charge in [0.05, 0.1) is 6.20 Å². The highest BCUT2D eigenvalue weighted by Gasteiger charge is 2.45. The van der Waals surface area contributed by atoms with Gasteiger partial charge in [0, 0.05) is 53.5 Å². The first kappa shape index (κ1) is 23.5. The van der Waals surface area contributed by atoms with Gasteiger partial charge >= 0.3 is 6.18 Å². The summed E-state index contributed by atoms with van der Waals surface area (Å²) in [6.07, 6.45) is 7.19. The molecule has 0 aromatic carbocycles. The molecule has 0 atom stereocenters. The van der Waals surface area contributed by atoms with Crippen LogP contribution in [0.25, 0.3) is 0 Å². The van der Waals surface area contributed by atoms with Crippen LogP contribution < -0.4 is 0 Å². The highest BCUT2D eigenvalue weighted by atomic mass is 32.1. The van der Waals surface area contributed by atoms with Crippen molar-refractivity contribution in [3.05, 3.63) is 68.4 Å². The van der Waals surface area contributed by atoms with Gasteiger partial charge in [-0.05, 0) is 81.8 Å². The molecule has 3 aromatic rings. The molecule has 4 heterocycles. The van der Waals surface area contributed by atoms with E-state index in [4.69, 9.17) is 0 Å². The molecular weight excluding hydrogens is 457 g/mol. The third-order valence-electron chi connectivity index (χ3n) is 7.57. The number of aryl methyl sites for hydroxylation is 3. The van der Waals surface area contributed by atoms with Crippen molar-refractivity contribution in [2.24, 2.45) is 0 Å². The molecule has 0 radical (unpaired) electrons. The Balaban J connectivity index is 1.20. The molecule has 0 N–H and O–H groups in total. The largest absolute Gasteiger partial charge is 0.425 e. The highest BCUT2D eigenvalue weighted by Crippen LogP contribution is 2.52. The van der Waals surface area contributed by atoms with Gasteiger partial charge in [-0.2, -0.15) is 18.3 Å². The van der Waals surface area contributed by atoms with Crippen LogP contribution in [0.3, 0.4) is 0 Å². The summed E-state index contributed by atoms with van der Waals surface area (Å²) in [5.41, 5.74) is 4.79. The first-order chi connectivity index (χ1) is 16.2. The SMILES string of the molecule is Cc1ccc(CCn2cc(CN3CCC4(CCCc5c4sc(C(F)(F)F)c5C)CC3)cn2)nc1. The van der Waals surface area contributed by atoms with Crippen LogP contribution in [0.1, 0.15) is 63.4 Å². The number of alkyl halides is 3. The molecule has 2 aliphatic rings. The number of nitrogens with zero attached hydrogens (tertiary/aromatic N) is 4. The fourth-order valence-corrected chi connectivity index (χ4v) is 7.12. The van der Waals surface area contributed by atoms with Crippen molar-refractivity contribution >= 4 is 11.3 Å². The molecular formula is C26H31F3N4S. The van der Waals surface area contributed by atoms with Crippen molar-refractivity contribution in [2.75, 3.05) is 13.1 Å². The molecule has 0 saturated carbocycles. The standard InChI is InChI=1S/C26H31F3N4S/c1-18-5-6-21(30-14-18)7-11-33-17-20(15-31-33)16-32-12-9-25(10-13-32)8-3-4-22-19(2)23(26(27,28)29)34-24(22)25/h5-6,14-15,17H,3-4,7-13,16H2,1-2H3. The molecule has 4 nitrogen and oxygen atoms in total. The van der Waals surface area contributed by atoms with E-state index in [0.29, 0.717) is 5.56 Å². The number of piperidine rings is 1. The normalized spacial score (nSPS) is 18.4. The van der Waals surface area contributed by atoms with Gasteiger partial charge in [0.2, 0.25) is 0 Å². The van der Waals surface area contributed by atoms with Crippen molar-refractivity contribution in [1.82, 2.24) is 19.7 Å². The van der Waals surface area contributed by atoms with Crippen molar-refractivity contribution in [3.8, 4) is 0 Å². The molecule has 8 heteroatoms. The third kappa shape index (κ3) is 4.67. The van der Waals surface area contributed by atoms with Crippen molar-refractivity contribution in [1.29, 1.82) is 0 Å². The molecule has 0 bridgehead atoms. The van der Waals surface area contributed by atoms with Gasteiger partial charge in [0.15, 0.2) is 0 Å². The molecule has 5 rings (SSSR count).